The molecule has 1 nitrogen and oxygen atoms in total. The van der Waals surface area contributed by atoms with Gasteiger partial charge in [0.1, 0.15) is 0 Å². The van der Waals surface area contributed by atoms with Crippen LogP contribution in [0.2, 0.25) is 21.2 Å². The molecule has 2 heteroatoms. The Kier molecular flexibility index (Phi) is 4.78. The molecule has 0 aromatic heterocycles. The lowest BCUT2D eigenvalue weighted by molar-refractivity contribution is 0.00916. The minimum atomic E-state index is -1.41. The summed E-state index contributed by atoms with van der Waals surface area (Å²) >= 11 is 0. The fourth-order valence-corrected chi connectivity index (χ4v) is 16.5. The molecule has 0 amide bonds. The predicted molar refractivity (Wildman–Crippen MR) is 111 cm³/mol. The largest absolute Gasteiger partial charge is 0.373 e. The van der Waals surface area contributed by atoms with Gasteiger partial charge in [0.2, 0.25) is 0 Å². The van der Waals surface area contributed by atoms with Crippen molar-refractivity contribution in [3.63, 3.8) is 0 Å². The third kappa shape index (κ3) is 3.04. The summed E-state index contributed by atoms with van der Waals surface area (Å²) in [6.07, 6.45) is 4.44. The Balaban J connectivity index is 1.78. The fourth-order valence-electron chi connectivity index (χ4n) is 6.95. The van der Waals surface area contributed by atoms with Crippen LogP contribution in [0.5, 0.6) is 0 Å². The van der Waals surface area contributed by atoms with E-state index in [2.05, 4.69) is 78.8 Å². The maximum atomic E-state index is 6.51. The van der Waals surface area contributed by atoms with E-state index < -0.39 is 8.07 Å². The van der Waals surface area contributed by atoms with Crippen molar-refractivity contribution in [1.29, 1.82) is 0 Å². The molecule has 0 N–H and O–H groups in total. The summed E-state index contributed by atoms with van der Waals surface area (Å²) in [6.45, 7) is 18.5. The molecule has 1 saturated heterocycles. The molecule has 1 aliphatic carbocycles. The van der Waals surface area contributed by atoms with Gasteiger partial charge >= 0.3 is 0 Å². The van der Waals surface area contributed by atoms with Crippen molar-refractivity contribution in [1.82, 2.24) is 0 Å². The second-order valence-corrected chi connectivity index (χ2v) is 17.2. The van der Waals surface area contributed by atoms with E-state index in [0.717, 1.165) is 12.5 Å². The molecule has 1 saturated carbocycles. The average Bonchev–Trinajstić information content (AvgIpc) is 2.95. The first-order valence-electron chi connectivity index (χ1n) is 10.2. The molecule has 1 aromatic rings. The minimum absolute atomic E-state index is 0.462. The first-order valence-corrected chi connectivity index (χ1v) is 12.4. The maximum Gasteiger partial charge on any atom is 0.0720 e. The molecule has 1 unspecified atom stereocenters. The van der Waals surface area contributed by atoms with Crippen LogP contribution in [-0.2, 0) is 11.3 Å². The minimum Gasteiger partial charge on any atom is -0.373 e. The molecule has 0 spiro atoms. The van der Waals surface area contributed by atoms with E-state index in [1.165, 1.54) is 30.9 Å². The van der Waals surface area contributed by atoms with Crippen LogP contribution in [0.25, 0.3) is 0 Å². The molecular formula is C23H38OSi. The summed E-state index contributed by atoms with van der Waals surface area (Å²) in [6, 6.07) is 12.2. The zero-order valence-corrected chi connectivity index (χ0v) is 18.5. The highest BCUT2D eigenvalue weighted by atomic mass is 28.3. The Bertz CT molecular complexity index is 581. The Morgan fingerprint density at radius 1 is 1.00 bits per heavy atom. The van der Waals surface area contributed by atoms with Gasteiger partial charge in [0.15, 0.2) is 0 Å². The third-order valence-corrected chi connectivity index (χ3v) is 16.1. The van der Waals surface area contributed by atoms with E-state index in [0.29, 0.717) is 21.2 Å². The lowest BCUT2D eigenvalue weighted by Crippen LogP contribution is -2.44. The highest BCUT2D eigenvalue weighted by molar-refractivity contribution is 6.97. The fraction of sp³-hybridized carbons (Fsp3) is 0.739. The van der Waals surface area contributed by atoms with E-state index in [4.69, 9.17) is 4.74 Å². The molecule has 3 atom stereocenters. The topological polar surface area (TPSA) is 9.23 Å². The zero-order valence-electron chi connectivity index (χ0n) is 17.5. The Labute approximate surface area is 156 Å². The van der Waals surface area contributed by atoms with Crippen LogP contribution in [-0.4, -0.2) is 14.2 Å². The zero-order chi connectivity index (χ0) is 18.5. The molecule has 25 heavy (non-hydrogen) atoms. The first-order chi connectivity index (χ1) is 11.5. The lowest BCUT2D eigenvalue weighted by Gasteiger charge is -2.46. The molecule has 2 fully saturated rings. The van der Waals surface area contributed by atoms with Gasteiger partial charge in [0.05, 0.1) is 20.8 Å². The van der Waals surface area contributed by atoms with E-state index in [9.17, 15) is 0 Å². The molecule has 1 heterocycles. The molecule has 3 rings (SSSR count). The van der Waals surface area contributed by atoms with E-state index in [-0.39, 0.29) is 0 Å². The standard InChI is InChI=1S/C23H38OSi/c1-21(2,3)25(22(4,5)6)17-23(25,7)19-14-11-15-20(19)24-16-18-12-9-8-10-13-18/h8-10,12-13,19-20H,11,14-17H2,1-7H3/t19-,20-,23?/m1/s1. The lowest BCUT2D eigenvalue weighted by atomic mass is 9.92. The molecule has 0 radical (unpaired) electrons. The number of ether oxygens (including phenoxy) is 1. The van der Waals surface area contributed by atoms with Crippen LogP contribution in [0.1, 0.15) is 73.3 Å². The monoisotopic (exact) mass is 358 g/mol. The maximum absolute atomic E-state index is 6.51. The van der Waals surface area contributed by atoms with Gasteiger partial charge in [-0.05, 0) is 39.4 Å². The molecular weight excluding hydrogens is 320 g/mol. The van der Waals surface area contributed by atoms with Crippen LogP contribution >= 0.6 is 0 Å². The first kappa shape index (κ1) is 19.2. The number of benzene rings is 1. The highest BCUT2D eigenvalue weighted by Crippen LogP contribution is 2.83. The van der Waals surface area contributed by atoms with E-state index >= 15 is 0 Å². The van der Waals surface area contributed by atoms with Gasteiger partial charge in [-0.2, -0.15) is 0 Å². The summed E-state index contributed by atoms with van der Waals surface area (Å²) in [7, 11) is -1.41. The normalized spacial score (nSPS) is 32.0. The van der Waals surface area contributed by atoms with E-state index in [1.54, 1.807) is 0 Å². The molecule has 140 valence electrons. The second kappa shape index (κ2) is 6.23. The predicted octanol–water partition coefficient (Wildman–Crippen LogP) is 7.19. The van der Waals surface area contributed by atoms with Crippen molar-refractivity contribution in [3.8, 4) is 0 Å². The third-order valence-electron chi connectivity index (χ3n) is 7.62. The van der Waals surface area contributed by atoms with Gasteiger partial charge in [-0.3, -0.25) is 0 Å². The SMILES string of the molecule is CC(C)(C)[Si]1(C(C)(C)C)CC1(C)[C@@H]1CCC[C@H]1OCc1ccccc1. The summed E-state index contributed by atoms with van der Waals surface area (Å²) in [5.41, 5.74) is 1.31. The summed E-state index contributed by atoms with van der Waals surface area (Å²) < 4.78 is 6.51. The Hall–Kier alpha value is -0.603. The van der Waals surface area contributed by atoms with Crippen molar-refractivity contribution in [2.75, 3.05) is 0 Å². The average molecular weight is 359 g/mol. The number of hydrogen-bond donors (Lipinski definition) is 0. The van der Waals surface area contributed by atoms with Gasteiger partial charge in [-0.1, -0.05) is 91.3 Å². The summed E-state index contributed by atoms with van der Waals surface area (Å²) in [5.74, 6) is 0.765. The van der Waals surface area contributed by atoms with Gasteiger partial charge in [0.25, 0.3) is 0 Å². The van der Waals surface area contributed by atoms with Crippen molar-refractivity contribution in [2.45, 2.75) is 102 Å². The van der Waals surface area contributed by atoms with Crippen LogP contribution in [0.3, 0.4) is 0 Å². The smallest absolute Gasteiger partial charge is 0.0720 e. The van der Waals surface area contributed by atoms with Crippen molar-refractivity contribution in [2.24, 2.45) is 5.92 Å². The van der Waals surface area contributed by atoms with Crippen LogP contribution in [0.15, 0.2) is 30.3 Å². The number of rotatable bonds is 4. The van der Waals surface area contributed by atoms with Crippen molar-refractivity contribution >= 4 is 8.07 Å². The van der Waals surface area contributed by atoms with E-state index in [1.807, 2.05) is 0 Å². The second-order valence-electron chi connectivity index (χ2n) is 10.9. The van der Waals surface area contributed by atoms with Gasteiger partial charge in [-0.15, -0.1) is 0 Å². The Morgan fingerprint density at radius 3 is 2.12 bits per heavy atom. The highest BCUT2D eigenvalue weighted by Gasteiger charge is 2.78. The van der Waals surface area contributed by atoms with Crippen LogP contribution < -0.4 is 0 Å². The van der Waals surface area contributed by atoms with Crippen molar-refractivity contribution in [3.05, 3.63) is 35.9 Å². The summed E-state index contributed by atoms with van der Waals surface area (Å²) in [4.78, 5) is 0. The Morgan fingerprint density at radius 2 is 1.60 bits per heavy atom. The molecule has 1 aromatic carbocycles. The van der Waals surface area contributed by atoms with Crippen LogP contribution in [0, 0.1) is 5.92 Å². The summed E-state index contributed by atoms with van der Waals surface area (Å²) in [5, 5.41) is 1.47. The van der Waals surface area contributed by atoms with Gasteiger partial charge in [0, 0.05) is 0 Å². The number of hydrogen-bond acceptors (Lipinski definition) is 1. The quantitative estimate of drug-likeness (QED) is 0.517. The molecule has 1 aliphatic heterocycles. The molecule has 2 aliphatic rings. The molecule has 0 bridgehead atoms. The van der Waals surface area contributed by atoms with Gasteiger partial charge < -0.3 is 4.74 Å². The van der Waals surface area contributed by atoms with Crippen molar-refractivity contribution < 1.29 is 4.74 Å². The van der Waals surface area contributed by atoms with Gasteiger partial charge in [-0.25, -0.2) is 0 Å². The van der Waals surface area contributed by atoms with Crippen LogP contribution in [0.4, 0.5) is 0 Å².